The van der Waals surface area contributed by atoms with E-state index in [4.69, 9.17) is 0 Å². The van der Waals surface area contributed by atoms with Crippen LogP contribution < -0.4 is 4.90 Å². The van der Waals surface area contributed by atoms with Gasteiger partial charge in [0, 0.05) is 22.6 Å². The Bertz CT molecular complexity index is 461. The van der Waals surface area contributed by atoms with Gasteiger partial charge in [0.05, 0.1) is 6.42 Å². The van der Waals surface area contributed by atoms with Crippen LogP contribution >= 0.6 is 15.9 Å². The zero-order valence-electron chi connectivity index (χ0n) is 9.38. The Morgan fingerprint density at radius 3 is 2.72 bits per heavy atom. The van der Waals surface area contributed by atoms with Crippen molar-refractivity contribution in [1.82, 2.24) is 0 Å². The number of amides is 1. The Labute approximate surface area is 111 Å². The highest BCUT2D eigenvalue weighted by Gasteiger charge is 2.40. The van der Waals surface area contributed by atoms with Gasteiger partial charge >= 0.3 is 6.18 Å². The van der Waals surface area contributed by atoms with Gasteiger partial charge in [-0.3, -0.25) is 4.79 Å². The highest BCUT2D eigenvalue weighted by molar-refractivity contribution is 9.10. The van der Waals surface area contributed by atoms with Gasteiger partial charge in [0.1, 0.15) is 0 Å². The Morgan fingerprint density at radius 2 is 2.11 bits per heavy atom. The normalized spacial score (nSPS) is 20.6. The van der Waals surface area contributed by atoms with Crippen molar-refractivity contribution < 1.29 is 18.0 Å². The first-order valence-electron chi connectivity index (χ1n) is 5.50. The van der Waals surface area contributed by atoms with Crippen molar-refractivity contribution in [3.8, 4) is 0 Å². The molecule has 2 rings (SSSR count). The van der Waals surface area contributed by atoms with Gasteiger partial charge in [-0.25, -0.2) is 0 Å². The predicted molar refractivity (Wildman–Crippen MR) is 65.3 cm³/mol. The molecular formula is C12H11BrF3NO. The third kappa shape index (κ3) is 3.04. The van der Waals surface area contributed by atoms with Crippen LogP contribution in [0.1, 0.15) is 12.8 Å². The summed E-state index contributed by atoms with van der Waals surface area (Å²) in [5.74, 6) is -1.38. The summed E-state index contributed by atoms with van der Waals surface area (Å²) in [6.07, 6.45) is -5.06. The maximum atomic E-state index is 12.3. The van der Waals surface area contributed by atoms with Crippen LogP contribution in [0.5, 0.6) is 0 Å². The van der Waals surface area contributed by atoms with E-state index in [1.165, 1.54) is 4.90 Å². The minimum Gasteiger partial charge on any atom is -0.312 e. The molecule has 0 radical (unpaired) electrons. The van der Waals surface area contributed by atoms with Gasteiger partial charge in [0.15, 0.2) is 0 Å². The lowest BCUT2D eigenvalue weighted by Crippen LogP contribution is -2.29. The van der Waals surface area contributed by atoms with Gasteiger partial charge < -0.3 is 4.90 Å². The van der Waals surface area contributed by atoms with Crippen LogP contribution in [0.3, 0.4) is 0 Å². The molecule has 0 aromatic heterocycles. The first-order chi connectivity index (χ1) is 8.37. The van der Waals surface area contributed by atoms with E-state index >= 15 is 0 Å². The van der Waals surface area contributed by atoms with Crippen LogP contribution in [-0.4, -0.2) is 18.6 Å². The fourth-order valence-electron chi connectivity index (χ4n) is 2.11. The number of carbonyl (C=O) groups is 1. The van der Waals surface area contributed by atoms with Crippen LogP contribution in [0, 0.1) is 5.92 Å². The second kappa shape index (κ2) is 4.91. The predicted octanol–water partition coefficient (Wildman–Crippen LogP) is 3.75. The molecule has 1 aliphatic heterocycles. The molecule has 18 heavy (non-hydrogen) atoms. The second-order valence-corrected chi connectivity index (χ2v) is 5.19. The number of halogens is 4. The van der Waals surface area contributed by atoms with E-state index in [1.807, 2.05) is 0 Å². The van der Waals surface area contributed by atoms with E-state index in [2.05, 4.69) is 15.9 Å². The van der Waals surface area contributed by atoms with Crippen LogP contribution in [0.2, 0.25) is 0 Å². The molecule has 1 aliphatic rings. The number of rotatable bonds is 2. The molecule has 2 nitrogen and oxygen atoms in total. The summed E-state index contributed by atoms with van der Waals surface area (Å²) in [6, 6.07) is 7.01. The van der Waals surface area contributed by atoms with E-state index in [1.54, 1.807) is 24.3 Å². The van der Waals surface area contributed by atoms with E-state index in [0.717, 1.165) is 4.47 Å². The molecule has 0 bridgehead atoms. The molecule has 0 spiro atoms. The third-order valence-electron chi connectivity index (χ3n) is 2.91. The summed E-state index contributed by atoms with van der Waals surface area (Å²) in [5, 5.41) is 0. The zero-order valence-corrected chi connectivity index (χ0v) is 11.0. The molecule has 1 aromatic rings. The lowest BCUT2D eigenvalue weighted by Gasteiger charge is -2.17. The van der Waals surface area contributed by atoms with Gasteiger partial charge in [-0.2, -0.15) is 13.2 Å². The highest BCUT2D eigenvalue weighted by Crippen LogP contribution is 2.34. The average molecular weight is 322 g/mol. The standard InChI is InChI=1S/C12H11BrF3NO/c13-9-2-1-3-10(6-9)17-5-4-8(11(17)18)7-12(14,15)16/h1-3,6,8H,4-5,7H2/t8-/m0/s1. The van der Waals surface area contributed by atoms with Crippen LogP contribution in [-0.2, 0) is 4.79 Å². The Morgan fingerprint density at radius 1 is 1.39 bits per heavy atom. The largest absolute Gasteiger partial charge is 0.389 e. The molecule has 0 aliphatic carbocycles. The minimum atomic E-state index is -4.28. The molecule has 0 saturated carbocycles. The fourth-order valence-corrected chi connectivity index (χ4v) is 2.50. The Balaban J connectivity index is 2.12. The summed E-state index contributed by atoms with van der Waals surface area (Å²) in [5.41, 5.74) is 0.638. The van der Waals surface area contributed by atoms with Crippen molar-refractivity contribution in [2.45, 2.75) is 19.0 Å². The lowest BCUT2D eigenvalue weighted by molar-refractivity contribution is -0.151. The van der Waals surface area contributed by atoms with Crippen molar-refractivity contribution in [3.05, 3.63) is 28.7 Å². The number of alkyl halides is 3. The molecule has 1 atom stereocenters. The molecule has 1 amide bonds. The first kappa shape index (κ1) is 13.4. The van der Waals surface area contributed by atoms with Crippen molar-refractivity contribution in [3.63, 3.8) is 0 Å². The highest BCUT2D eigenvalue weighted by atomic mass is 79.9. The number of hydrogen-bond donors (Lipinski definition) is 0. The molecule has 1 fully saturated rings. The number of hydrogen-bond acceptors (Lipinski definition) is 1. The summed E-state index contributed by atoms with van der Waals surface area (Å²) in [6.45, 7) is 0.343. The van der Waals surface area contributed by atoms with E-state index in [9.17, 15) is 18.0 Å². The van der Waals surface area contributed by atoms with E-state index in [0.29, 0.717) is 12.2 Å². The van der Waals surface area contributed by atoms with Gasteiger partial charge in [-0.05, 0) is 24.6 Å². The molecule has 1 saturated heterocycles. The van der Waals surface area contributed by atoms with Crippen molar-refractivity contribution >= 4 is 27.5 Å². The molecule has 1 heterocycles. The van der Waals surface area contributed by atoms with Crippen LogP contribution in [0.15, 0.2) is 28.7 Å². The van der Waals surface area contributed by atoms with Gasteiger partial charge in [-0.1, -0.05) is 22.0 Å². The third-order valence-corrected chi connectivity index (χ3v) is 3.41. The molecule has 98 valence electrons. The number of nitrogens with zero attached hydrogens (tertiary/aromatic N) is 1. The fraction of sp³-hybridized carbons (Fsp3) is 0.417. The monoisotopic (exact) mass is 321 g/mol. The van der Waals surface area contributed by atoms with E-state index in [-0.39, 0.29) is 6.42 Å². The quantitative estimate of drug-likeness (QED) is 0.812. The van der Waals surface area contributed by atoms with Gasteiger partial charge in [0.25, 0.3) is 0 Å². The lowest BCUT2D eigenvalue weighted by atomic mass is 10.0. The van der Waals surface area contributed by atoms with Crippen LogP contribution in [0.4, 0.5) is 18.9 Å². The average Bonchev–Trinajstić information content (AvgIpc) is 2.58. The topological polar surface area (TPSA) is 20.3 Å². The summed E-state index contributed by atoms with van der Waals surface area (Å²) in [7, 11) is 0. The summed E-state index contributed by atoms with van der Waals surface area (Å²) < 4.78 is 37.7. The molecular weight excluding hydrogens is 311 g/mol. The maximum absolute atomic E-state index is 12.3. The summed E-state index contributed by atoms with van der Waals surface area (Å²) >= 11 is 3.28. The molecule has 6 heteroatoms. The summed E-state index contributed by atoms with van der Waals surface area (Å²) in [4.78, 5) is 13.3. The van der Waals surface area contributed by atoms with Gasteiger partial charge in [-0.15, -0.1) is 0 Å². The maximum Gasteiger partial charge on any atom is 0.389 e. The van der Waals surface area contributed by atoms with Gasteiger partial charge in [0.2, 0.25) is 5.91 Å². The smallest absolute Gasteiger partial charge is 0.312 e. The number of benzene rings is 1. The Hall–Kier alpha value is -1.04. The Kier molecular flexibility index (Phi) is 3.66. The van der Waals surface area contributed by atoms with Crippen molar-refractivity contribution in [1.29, 1.82) is 0 Å². The zero-order chi connectivity index (χ0) is 13.3. The molecule has 0 N–H and O–H groups in total. The van der Waals surface area contributed by atoms with E-state index < -0.39 is 24.4 Å². The molecule has 1 aromatic carbocycles. The SMILES string of the molecule is O=C1[C@H](CC(F)(F)F)CCN1c1cccc(Br)c1. The first-order valence-corrected chi connectivity index (χ1v) is 6.30. The van der Waals surface area contributed by atoms with Crippen molar-refractivity contribution in [2.24, 2.45) is 5.92 Å². The number of anilines is 1. The van der Waals surface area contributed by atoms with Crippen molar-refractivity contribution in [2.75, 3.05) is 11.4 Å². The molecule has 0 unspecified atom stereocenters. The minimum absolute atomic E-state index is 0.255. The second-order valence-electron chi connectivity index (χ2n) is 4.27. The number of carbonyl (C=O) groups excluding carboxylic acids is 1. The van der Waals surface area contributed by atoms with Crippen LogP contribution in [0.25, 0.3) is 0 Å².